The van der Waals surface area contributed by atoms with Crippen molar-refractivity contribution in [2.24, 2.45) is 0 Å². The summed E-state index contributed by atoms with van der Waals surface area (Å²) in [7, 11) is 0. The summed E-state index contributed by atoms with van der Waals surface area (Å²) in [5.74, 6) is -0.736. The average molecular weight is 533 g/mol. The predicted octanol–water partition coefficient (Wildman–Crippen LogP) is 5.69. The lowest BCUT2D eigenvalue weighted by Crippen LogP contribution is -2.38. The Labute approximate surface area is 205 Å². The zero-order chi connectivity index (χ0) is 23.7. The van der Waals surface area contributed by atoms with Crippen LogP contribution < -0.4 is 5.32 Å². The van der Waals surface area contributed by atoms with Gasteiger partial charge in [-0.05, 0) is 38.0 Å². The van der Waals surface area contributed by atoms with E-state index in [0.29, 0.717) is 17.7 Å². The molecule has 1 aliphatic carbocycles. The molecule has 1 aromatic heterocycles. The molecule has 0 unspecified atom stereocenters. The highest BCUT2D eigenvalue weighted by Gasteiger charge is 2.31. The standard InChI is InChI=1S/C25H24BrClFN3O2/c1-15(12-30-13-21(16(2)32)20-9-6-18(26)10-23(20)30)31(19-7-8-19)14-24(33)29-11-17-4-3-5-22(27)25(17)28/h3-6,9-10,13,19H,1,7-8,11-12,14H2,2H3,(H,29,33). The van der Waals surface area contributed by atoms with E-state index < -0.39 is 5.82 Å². The quantitative estimate of drug-likeness (QED) is 0.360. The fourth-order valence-electron chi connectivity index (χ4n) is 3.94. The second kappa shape index (κ2) is 9.69. The lowest BCUT2D eigenvalue weighted by molar-refractivity contribution is -0.122. The highest BCUT2D eigenvalue weighted by Crippen LogP contribution is 2.31. The van der Waals surface area contributed by atoms with Gasteiger partial charge in [-0.25, -0.2) is 4.39 Å². The Hall–Kier alpha value is -2.64. The van der Waals surface area contributed by atoms with Crippen LogP contribution in [0.5, 0.6) is 0 Å². The van der Waals surface area contributed by atoms with Gasteiger partial charge in [0, 0.05) is 45.5 Å². The van der Waals surface area contributed by atoms with Crippen LogP contribution in [0.25, 0.3) is 10.9 Å². The number of hydrogen-bond donors (Lipinski definition) is 1. The molecule has 1 amide bonds. The largest absolute Gasteiger partial charge is 0.362 e. The molecule has 1 fully saturated rings. The van der Waals surface area contributed by atoms with Crippen LogP contribution in [0.2, 0.25) is 5.02 Å². The molecular formula is C25H24BrClFN3O2. The summed E-state index contributed by atoms with van der Waals surface area (Å²) in [6.45, 7) is 6.45. The Morgan fingerprint density at radius 3 is 2.76 bits per heavy atom. The van der Waals surface area contributed by atoms with Crippen LogP contribution in [0.3, 0.4) is 0 Å². The average Bonchev–Trinajstić information content (AvgIpc) is 3.55. The molecule has 1 aliphatic rings. The molecule has 33 heavy (non-hydrogen) atoms. The van der Waals surface area contributed by atoms with Crippen molar-refractivity contribution < 1.29 is 14.0 Å². The first-order chi connectivity index (χ1) is 15.7. The van der Waals surface area contributed by atoms with Crippen molar-refractivity contribution in [3.05, 3.63) is 81.3 Å². The minimum atomic E-state index is -0.519. The molecule has 1 heterocycles. The Morgan fingerprint density at radius 2 is 2.06 bits per heavy atom. The van der Waals surface area contributed by atoms with Gasteiger partial charge in [0.15, 0.2) is 5.78 Å². The van der Waals surface area contributed by atoms with Gasteiger partial charge in [-0.2, -0.15) is 0 Å². The van der Waals surface area contributed by atoms with Crippen molar-refractivity contribution in [3.63, 3.8) is 0 Å². The number of Topliss-reactive ketones (excluding diaryl/α,β-unsaturated/α-hetero) is 1. The van der Waals surface area contributed by atoms with Crippen LogP contribution in [-0.2, 0) is 17.9 Å². The number of fused-ring (bicyclic) bond motifs is 1. The molecule has 3 aromatic rings. The number of nitrogens with one attached hydrogen (secondary N) is 1. The van der Waals surface area contributed by atoms with Crippen LogP contribution in [0.1, 0.15) is 35.7 Å². The van der Waals surface area contributed by atoms with Gasteiger partial charge in [0.1, 0.15) is 5.82 Å². The minimum absolute atomic E-state index is 0.00152. The van der Waals surface area contributed by atoms with Crippen LogP contribution in [0.15, 0.2) is 59.3 Å². The molecule has 0 radical (unpaired) electrons. The summed E-state index contributed by atoms with van der Waals surface area (Å²) in [4.78, 5) is 26.8. The number of carbonyl (C=O) groups is 2. The summed E-state index contributed by atoms with van der Waals surface area (Å²) in [5.41, 5.74) is 2.71. The molecule has 5 nitrogen and oxygen atoms in total. The molecule has 1 N–H and O–H groups in total. The number of nitrogens with zero attached hydrogens (tertiary/aromatic N) is 2. The van der Waals surface area contributed by atoms with E-state index in [-0.39, 0.29) is 35.8 Å². The van der Waals surface area contributed by atoms with E-state index >= 15 is 0 Å². The Kier molecular flexibility index (Phi) is 6.91. The minimum Gasteiger partial charge on any atom is -0.362 e. The lowest BCUT2D eigenvalue weighted by atomic mass is 10.1. The van der Waals surface area contributed by atoms with Gasteiger partial charge in [0.25, 0.3) is 0 Å². The van der Waals surface area contributed by atoms with Crippen molar-refractivity contribution in [1.29, 1.82) is 0 Å². The zero-order valence-electron chi connectivity index (χ0n) is 18.2. The molecule has 0 saturated heterocycles. The topological polar surface area (TPSA) is 54.3 Å². The molecule has 1 saturated carbocycles. The predicted molar refractivity (Wildman–Crippen MR) is 132 cm³/mol. The first kappa shape index (κ1) is 23.5. The van der Waals surface area contributed by atoms with Crippen LogP contribution in [0.4, 0.5) is 4.39 Å². The second-order valence-electron chi connectivity index (χ2n) is 8.30. The first-order valence-corrected chi connectivity index (χ1v) is 11.8. The number of aromatic nitrogens is 1. The van der Waals surface area contributed by atoms with Gasteiger partial charge in [0.2, 0.25) is 5.91 Å². The van der Waals surface area contributed by atoms with Gasteiger partial charge in [-0.15, -0.1) is 0 Å². The maximum atomic E-state index is 14.1. The lowest BCUT2D eigenvalue weighted by Gasteiger charge is -2.27. The van der Waals surface area contributed by atoms with E-state index in [1.807, 2.05) is 33.9 Å². The normalized spacial score (nSPS) is 13.2. The van der Waals surface area contributed by atoms with E-state index in [0.717, 1.165) is 33.9 Å². The number of benzene rings is 2. The Morgan fingerprint density at radius 1 is 1.30 bits per heavy atom. The summed E-state index contributed by atoms with van der Waals surface area (Å²) in [6, 6.07) is 10.8. The van der Waals surface area contributed by atoms with E-state index in [1.54, 1.807) is 19.1 Å². The molecule has 172 valence electrons. The van der Waals surface area contributed by atoms with Gasteiger partial charge >= 0.3 is 0 Å². The fourth-order valence-corrected chi connectivity index (χ4v) is 4.48. The molecule has 8 heteroatoms. The summed E-state index contributed by atoms with van der Waals surface area (Å²) < 4.78 is 17.0. The van der Waals surface area contributed by atoms with E-state index in [1.165, 1.54) is 6.07 Å². The van der Waals surface area contributed by atoms with Gasteiger partial charge < -0.3 is 14.8 Å². The molecule has 2 aromatic carbocycles. The number of carbonyl (C=O) groups excluding carboxylic acids is 2. The van der Waals surface area contributed by atoms with Crippen molar-refractivity contribution >= 4 is 50.1 Å². The number of allylic oxidation sites excluding steroid dienone is 1. The van der Waals surface area contributed by atoms with Crippen LogP contribution in [-0.4, -0.2) is 33.7 Å². The molecule has 0 atom stereocenters. The summed E-state index contributed by atoms with van der Waals surface area (Å²) >= 11 is 9.32. The Balaban J connectivity index is 1.47. The second-order valence-corrected chi connectivity index (χ2v) is 9.63. The number of ketones is 1. The molecular weight excluding hydrogens is 509 g/mol. The van der Waals surface area contributed by atoms with Crippen LogP contribution in [0, 0.1) is 5.82 Å². The third kappa shape index (κ3) is 5.31. The fraction of sp³-hybridized carbons (Fsp3) is 0.280. The number of hydrogen-bond acceptors (Lipinski definition) is 3. The SMILES string of the molecule is C=C(Cn1cc(C(C)=O)c2ccc(Br)cc21)N(CC(=O)NCc1cccc(Cl)c1F)C1CC1. The maximum absolute atomic E-state index is 14.1. The van der Waals surface area contributed by atoms with Gasteiger partial charge in [-0.3, -0.25) is 9.59 Å². The van der Waals surface area contributed by atoms with Crippen molar-refractivity contribution in [2.45, 2.75) is 38.9 Å². The number of rotatable bonds is 9. The van der Waals surface area contributed by atoms with Crippen LogP contribution >= 0.6 is 27.5 Å². The Bertz CT molecular complexity index is 1250. The highest BCUT2D eigenvalue weighted by atomic mass is 79.9. The van der Waals surface area contributed by atoms with Crippen molar-refractivity contribution in [1.82, 2.24) is 14.8 Å². The van der Waals surface area contributed by atoms with Crippen molar-refractivity contribution in [3.8, 4) is 0 Å². The third-order valence-corrected chi connectivity index (χ3v) is 6.58. The first-order valence-electron chi connectivity index (χ1n) is 10.7. The third-order valence-electron chi connectivity index (χ3n) is 5.79. The monoisotopic (exact) mass is 531 g/mol. The molecule has 0 aliphatic heterocycles. The van der Waals surface area contributed by atoms with Crippen molar-refractivity contribution in [2.75, 3.05) is 6.54 Å². The number of amides is 1. The molecule has 4 rings (SSSR count). The van der Waals surface area contributed by atoms with Gasteiger partial charge in [-0.1, -0.05) is 52.3 Å². The zero-order valence-corrected chi connectivity index (χ0v) is 20.5. The molecule has 0 bridgehead atoms. The van der Waals surface area contributed by atoms with E-state index in [2.05, 4.69) is 27.8 Å². The highest BCUT2D eigenvalue weighted by molar-refractivity contribution is 9.10. The summed E-state index contributed by atoms with van der Waals surface area (Å²) in [6.07, 6.45) is 3.83. The maximum Gasteiger partial charge on any atom is 0.239 e. The van der Waals surface area contributed by atoms with E-state index in [4.69, 9.17) is 11.6 Å². The van der Waals surface area contributed by atoms with Gasteiger partial charge in [0.05, 0.1) is 23.6 Å². The van der Waals surface area contributed by atoms with E-state index in [9.17, 15) is 14.0 Å². The smallest absolute Gasteiger partial charge is 0.239 e. The summed E-state index contributed by atoms with van der Waals surface area (Å²) in [5, 5.41) is 3.70. The molecule has 0 spiro atoms. The number of halogens is 3.